The standard InChI is InChI=1S/C17H22N2O5/c1-19(2,3)7-6-18-16(20)13-10-12-14(23-5)8-11(22-4)9-15(12)24-17(13)21/h8-10H,6-7H2,1-5H3/p+1. The Morgan fingerprint density at radius 3 is 2.46 bits per heavy atom. The van der Waals surface area contributed by atoms with E-state index in [0.29, 0.717) is 33.5 Å². The first-order chi connectivity index (χ1) is 11.2. The highest BCUT2D eigenvalue weighted by atomic mass is 16.5. The number of rotatable bonds is 6. The second-order valence-electron chi connectivity index (χ2n) is 6.46. The fourth-order valence-electron chi connectivity index (χ4n) is 2.21. The summed E-state index contributed by atoms with van der Waals surface area (Å²) in [7, 11) is 9.08. The summed E-state index contributed by atoms with van der Waals surface area (Å²) in [6.07, 6.45) is 0. The maximum Gasteiger partial charge on any atom is 0.349 e. The molecule has 1 N–H and O–H groups in total. The third-order valence-corrected chi connectivity index (χ3v) is 3.56. The van der Waals surface area contributed by atoms with Gasteiger partial charge < -0.3 is 23.7 Å². The van der Waals surface area contributed by atoms with E-state index in [1.807, 2.05) is 21.1 Å². The molecule has 24 heavy (non-hydrogen) atoms. The summed E-state index contributed by atoms with van der Waals surface area (Å²) in [4.78, 5) is 24.4. The molecule has 130 valence electrons. The quantitative estimate of drug-likeness (QED) is 0.635. The number of carbonyl (C=O) groups excluding carboxylic acids is 1. The second-order valence-corrected chi connectivity index (χ2v) is 6.46. The number of carbonyl (C=O) groups is 1. The van der Waals surface area contributed by atoms with Crippen molar-refractivity contribution >= 4 is 16.9 Å². The van der Waals surface area contributed by atoms with Gasteiger partial charge in [-0.3, -0.25) is 4.79 Å². The van der Waals surface area contributed by atoms with Gasteiger partial charge in [0.2, 0.25) is 0 Å². The minimum absolute atomic E-state index is 0.0487. The molecule has 1 amide bonds. The lowest BCUT2D eigenvalue weighted by Gasteiger charge is -2.23. The first kappa shape index (κ1) is 17.8. The maximum atomic E-state index is 12.3. The van der Waals surface area contributed by atoms with Crippen molar-refractivity contribution in [2.75, 3.05) is 48.5 Å². The zero-order valence-electron chi connectivity index (χ0n) is 14.6. The van der Waals surface area contributed by atoms with Crippen molar-refractivity contribution < 1.29 is 23.2 Å². The molecule has 0 radical (unpaired) electrons. The van der Waals surface area contributed by atoms with E-state index in [9.17, 15) is 9.59 Å². The van der Waals surface area contributed by atoms with Crippen molar-refractivity contribution in [1.82, 2.24) is 5.32 Å². The van der Waals surface area contributed by atoms with Gasteiger partial charge in [0.1, 0.15) is 22.6 Å². The van der Waals surface area contributed by atoms with Gasteiger partial charge in [-0.05, 0) is 6.07 Å². The van der Waals surface area contributed by atoms with Crippen molar-refractivity contribution in [3.8, 4) is 11.5 Å². The average Bonchev–Trinajstić information content (AvgIpc) is 2.51. The largest absolute Gasteiger partial charge is 0.496 e. The minimum Gasteiger partial charge on any atom is -0.496 e. The molecular weight excluding hydrogens is 312 g/mol. The molecule has 0 aliphatic heterocycles. The topological polar surface area (TPSA) is 77.8 Å². The molecule has 2 aromatic rings. The molecule has 7 heteroatoms. The van der Waals surface area contributed by atoms with Crippen LogP contribution in [0.3, 0.4) is 0 Å². The fourth-order valence-corrected chi connectivity index (χ4v) is 2.21. The number of hydrogen-bond acceptors (Lipinski definition) is 5. The monoisotopic (exact) mass is 335 g/mol. The predicted molar refractivity (Wildman–Crippen MR) is 90.8 cm³/mol. The molecule has 0 spiro atoms. The fraction of sp³-hybridized carbons (Fsp3) is 0.412. The molecular formula is C17H23N2O5+. The summed E-state index contributed by atoms with van der Waals surface area (Å²) in [5.41, 5.74) is -0.438. The first-order valence-corrected chi connectivity index (χ1v) is 7.53. The number of nitrogens with one attached hydrogen (secondary N) is 1. The molecule has 1 heterocycles. The van der Waals surface area contributed by atoms with E-state index >= 15 is 0 Å². The second kappa shape index (κ2) is 6.92. The Balaban J connectivity index is 2.36. The van der Waals surface area contributed by atoms with Gasteiger partial charge in [0.05, 0.1) is 53.8 Å². The molecule has 1 aromatic heterocycles. The highest BCUT2D eigenvalue weighted by Crippen LogP contribution is 2.30. The van der Waals surface area contributed by atoms with Crippen LogP contribution in [0, 0.1) is 0 Å². The number of methoxy groups -OCH3 is 2. The Labute approximate surface area is 140 Å². The molecule has 0 fully saturated rings. The van der Waals surface area contributed by atoms with E-state index in [0.717, 1.165) is 6.54 Å². The highest BCUT2D eigenvalue weighted by molar-refractivity contribution is 5.98. The SMILES string of the molecule is COc1cc(OC)c2cc(C(=O)NCC[N+](C)(C)C)c(=O)oc2c1. The van der Waals surface area contributed by atoms with Crippen LogP contribution >= 0.6 is 0 Å². The summed E-state index contributed by atoms with van der Waals surface area (Å²) in [5, 5.41) is 3.28. The average molecular weight is 335 g/mol. The number of amides is 1. The van der Waals surface area contributed by atoms with Crippen LogP contribution in [-0.4, -0.2) is 58.8 Å². The van der Waals surface area contributed by atoms with Crippen LogP contribution in [0.15, 0.2) is 27.4 Å². The number of likely N-dealkylation sites (N-methyl/N-ethyl adjacent to an activating group) is 1. The number of fused-ring (bicyclic) bond motifs is 1. The van der Waals surface area contributed by atoms with Gasteiger partial charge >= 0.3 is 5.63 Å². The van der Waals surface area contributed by atoms with Crippen LogP contribution in [0.2, 0.25) is 0 Å². The Kier molecular flexibility index (Phi) is 5.14. The molecule has 0 saturated heterocycles. The van der Waals surface area contributed by atoms with Crippen LogP contribution in [0.4, 0.5) is 0 Å². The van der Waals surface area contributed by atoms with Crippen molar-refractivity contribution in [2.45, 2.75) is 0 Å². The van der Waals surface area contributed by atoms with E-state index in [4.69, 9.17) is 13.9 Å². The van der Waals surface area contributed by atoms with Crippen LogP contribution in [-0.2, 0) is 0 Å². The maximum absolute atomic E-state index is 12.3. The summed E-state index contributed by atoms with van der Waals surface area (Å²) < 4.78 is 16.4. The van der Waals surface area contributed by atoms with Crippen molar-refractivity contribution in [1.29, 1.82) is 0 Å². The van der Waals surface area contributed by atoms with E-state index < -0.39 is 11.5 Å². The Bertz CT molecular complexity index is 805. The summed E-state index contributed by atoms with van der Waals surface area (Å²) in [6.45, 7) is 1.20. The van der Waals surface area contributed by atoms with E-state index in [1.54, 1.807) is 12.1 Å². The Morgan fingerprint density at radius 2 is 1.88 bits per heavy atom. The highest BCUT2D eigenvalue weighted by Gasteiger charge is 2.17. The number of quaternary nitrogens is 1. The third-order valence-electron chi connectivity index (χ3n) is 3.56. The number of ether oxygens (including phenoxy) is 2. The van der Waals surface area contributed by atoms with Crippen LogP contribution in [0.5, 0.6) is 11.5 Å². The molecule has 0 aliphatic carbocycles. The van der Waals surface area contributed by atoms with Crippen LogP contribution in [0.1, 0.15) is 10.4 Å². The smallest absolute Gasteiger partial charge is 0.349 e. The Morgan fingerprint density at radius 1 is 1.17 bits per heavy atom. The van der Waals surface area contributed by atoms with Crippen molar-refractivity contribution in [3.05, 3.63) is 34.2 Å². The molecule has 1 aromatic carbocycles. The van der Waals surface area contributed by atoms with Crippen LogP contribution in [0.25, 0.3) is 11.0 Å². The molecule has 0 unspecified atom stereocenters. The lowest BCUT2D eigenvalue weighted by molar-refractivity contribution is -0.869. The predicted octanol–water partition coefficient (Wildman–Crippen LogP) is 1.25. The zero-order valence-corrected chi connectivity index (χ0v) is 14.6. The lowest BCUT2D eigenvalue weighted by atomic mass is 10.1. The van der Waals surface area contributed by atoms with Crippen molar-refractivity contribution in [2.24, 2.45) is 0 Å². The van der Waals surface area contributed by atoms with Gasteiger partial charge in [0.25, 0.3) is 5.91 Å². The van der Waals surface area contributed by atoms with Crippen molar-refractivity contribution in [3.63, 3.8) is 0 Å². The first-order valence-electron chi connectivity index (χ1n) is 7.53. The number of benzene rings is 1. The molecule has 7 nitrogen and oxygen atoms in total. The van der Waals surface area contributed by atoms with Gasteiger partial charge in [-0.15, -0.1) is 0 Å². The van der Waals surface area contributed by atoms with E-state index in [2.05, 4.69) is 5.32 Å². The molecule has 2 rings (SSSR count). The van der Waals surface area contributed by atoms with Gasteiger partial charge in [-0.1, -0.05) is 0 Å². The van der Waals surface area contributed by atoms with Gasteiger partial charge in [-0.25, -0.2) is 4.79 Å². The molecule has 0 saturated carbocycles. The van der Waals surface area contributed by atoms with Gasteiger partial charge in [-0.2, -0.15) is 0 Å². The van der Waals surface area contributed by atoms with Gasteiger partial charge in [0.15, 0.2) is 0 Å². The van der Waals surface area contributed by atoms with E-state index in [1.165, 1.54) is 20.3 Å². The summed E-state index contributed by atoms with van der Waals surface area (Å²) >= 11 is 0. The zero-order chi connectivity index (χ0) is 17.9. The summed E-state index contributed by atoms with van der Waals surface area (Å²) in [6, 6.07) is 4.74. The molecule has 0 bridgehead atoms. The number of nitrogens with zero attached hydrogens (tertiary/aromatic N) is 1. The van der Waals surface area contributed by atoms with Crippen LogP contribution < -0.4 is 20.4 Å². The normalized spacial score (nSPS) is 11.4. The third kappa shape index (κ3) is 4.05. The van der Waals surface area contributed by atoms with Gasteiger partial charge in [0, 0.05) is 12.1 Å². The van der Waals surface area contributed by atoms with E-state index in [-0.39, 0.29) is 5.56 Å². The minimum atomic E-state index is -0.694. The molecule has 0 aliphatic rings. The summed E-state index contributed by atoms with van der Waals surface area (Å²) in [5.74, 6) is 0.508. The number of hydrogen-bond donors (Lipinski definition) is 1. The lowest BCUT2D eigenvalue weighted by Crippen LogP contribution is -2.42. The molecule has 0 atom stereocenters. The Hall–Kier alpha value is -2.54.